The Morgan fingerprint density at radius 3 is 2.33 bits per heavy atom. The fourth-order valence-electron chi connectivity index (χ4n) is 7.64. The number of likely N-dealkylation sites (N-methyl/N-ethyl adjacent to an activating group) is 1. The minimum Gasteiger partial charge on any atom is -0.497 e. The summed E-state index contributed by atoms with van der Waals surface area (Å²) in [7, 11) is 3.07. The molecule has 0 spiro atoms. The first-order valence-electron chi connectivity index (χ1n) is 20.8. The van der Waals surface area contributed by atoms with Gasteiger partial charge in [0.05, 0.1) is 24.3 Å². The molecule has 1 fully saturated rings. The molecule has 3 heterocycles. The molecule has 1 saturated heterocycles. The van der Waals surface area contributed by atoms with Crippen molar-refractivity contribution in [3.63, 3.8) is 0 Å². The summed E-state index contributed by atoms with van der Waals surface area (Å²) in [5.74, 6) is -1.57. The zero-order valence-electron chi connectivity index (χ0n) is 36.4. The average molecular weight is 826 g/mol. The SMILES string of the molecule is CC[C@H](C)[C@H]1NC(=O)[C@H](C)N(C)C(=O)[C@H](Cc2ccc(OC)cc2)NC(=O)/C(C)=C\[C@H]2CSC(=N2)[C@@H](C)[C@@H](O)C[C@H](C)C[C@@H](C(C)(C)C)OC(=O)[C@@H]2CCCN2C1=O. The number of esters is 1. The molecule has 3 aliphatic heterocycles. The Hall–Kier alpha value is -3.91. The summed E-state index contributed by atoms with van der Waals surface area (Å²) >= 11 is 1.56. The van der Waals surface area contributed by atoms with Crippen LogP contribution in [0.5, 0.6) is 5.75 Å². The number of hydrogen-bond acceptors (Lipinski definition) is 10. The van der Waals surface area contributed by atoms with Gasteiger partial charge in [-0.2, -0.15) is 0 Å². The Labute approximate surface area is 349 Å². The molecule has 58 heavy (non-hydrogen) atoms. The number of fused-ring (bicyclic) bond motifs is 2. The lowest BCUT2D eigenvalue weighted by atomic mass is 9.81. The van der Waals surface area contributed by atoms with Gasteiger partial charge < -0.3 is 35.0 Å². The molecular formula is C44H67N5O8S. The molecule has 3 N–H and O–H groups in total. The lowest BCUT2D eigenvalue weighted by Crippen LogP contribution is -2.59. The topological polar surface area (TPSA) is 167 Å². The van der Waals surface area contributed by atoms with Crippen molar-refractivity contribution in [2.24, 2.45) is 28.2 Å². The van der Waals surface area contributed by atoms with Gasteiger partial charge >= 0.3 is 5.97 Å². The van der Waals surface area contributed by atoms with Crippen LogP contribution in [0.2, 0.25) is 0 Å². The van der Waals surface area contributed by atoms with Crippen LogP contribution < -0.4 is 15.4 Å². The number of nitrogens with one attached hydrogen (secondary N) is 2. The molecule has 1 aromatic rings. The predicted molar refractivity (Wildman–Crippen MR) is 227 cm³/mol. The van der Waals surface area contributed by atoms with Crippen molar-refractivity contribution in [3.05, 3.63) is 41.5 Å². The van der Waals surface area contributed by atoms with Gasteiger partial charge in [0, 0.05) is 37.3 Å². The van der Waals surface area contributed by atoms with Crippen molar-refractivity contribution >= 4 is 46.4 Å². The highest BCUT2D eigenvalue weighted by molar-refractivity contribution is 8.14. The molecule has 322 valence electrons. The van der Waals surface area contributed by atoms with E-state index >= 15 is 0 Å². The van der Waals surface area contributed by atoms with E-state index in [1.807, 2.05) is 60.6 Å². The number of amides is 4. The van der Waals surface area contributed by atoms with E-state index in [-0.39, 0.29) is 36.1 Å². The first kappa shape index (κ1) is 46.8. The molecule has 0 saturated carbocycles. The predicted octanol–water partition coefficient (Wildman–Crippen LogP) is 4.94. The summed E-state index contributed by atoms with van der Waals surface area (Å²) in [6.45, 7) is 17.5. The summed E-state index contributed by atoms with van der Waals surface area (Å²) in [5, 5.41) is 18.1. The smallest absolute Gasteiger partial charge is 0.329 e. The number of nitrogens with zero attached hydrogens (tertiary/aromatic N) is 3. The standard InChI is InChI=1S/C44H67N5O8S/c1-12-26(3)37-42(54)49-19-13-14-34(49)43(55)57-36(44(7,8)9)21-25(2)20-35(50)28(5)40-45-31(24-58-40)22-27(4)38(51)46-33(23-30-15-17-32(56-11)18-16-30)41(53)48(10)29(6)39(52)47-37/h15-18,22,25-26,28-29,31,33-37,50H,12-14,19-21,23-24H2,1-11H3,(H,46,51)(H,47,52)/b27-22-/t25-,26-,28-,29-,31-,33-,34-,35-,36-,37+/m0/s1. The molecule has 2 bridgehead atoms. The van der Waals surface area contributed by atoms with Crippen LogP contribution in [0.25, 0.3) is 0 Å². The maximum absolute atomic E-state index is 14.3. The van der Waals surface area contributed by atoms with Gasteiger partial charge in [-0.15, -0.1) is 11.8 Å². The molecule has 3 aliphatic rings. The van der Waals surface area contributed by atoms with Gasteiger partial charge in [0.1, 0.15) is 36.0 Å². The Morgan fingerprint density at radius 2 is 1.71 bits per heavy atom. The molecule has 14 heteroatoms. The summed E-state index contributed by atoms with van der Waals surface area (Å²) in [5.41, 5.74) is 0.753. The number of thioether (sulfide) groups is 1. The molecule has 0 aromatic heterocycles. The number of methoxy groups -OCH3 is 1. The number of carbonyl (C=O) groups is 5. The van der Waals surface area contributed by atoms with Crippen molar-refractivity contribution < 1.29 is 38.6 Å². The second kappa shape index (κ2) is 20.4. The zero-order chi connectivity index (χ0) is 43.1. The highest BCUT2D eigenvalue weighted by Crippen LogP contribution is 2.34. The minimum atomic E-state index is -1.03. The molecular weight excluding hydrogens is 759 g/mol. The van der Waals surface area contributed by atoms with Crippen LogP contribution in [0.4, 0.5) is 0 Å². The van der Waals surface area contributed by atoms with Gasteiger partial charge in [-0.3, -0.25) is 24.2 Å². The number of cyclic esters (lactones) is 1. The summed E-state index contributed by atoms with van der Waals surface area (Å²) in [6.07, 6.45) is 3.38. The van der Waals surface area contributed by atoms with Crippen molar-refractivity contribution in [2.45, 2.75) is 143 Å². The molecule has 4 amide bonds. The van der Waals surface area contributed by atoms with E-state index < -0.39 is 65.5 Å². The van der Waals surface area contributed by atoms with Gasteiger partial charge in [0.25, 0.3) is 0 Å². The fraction of sp³-hybridized carbons (Fsp3) is 0.682. The van der Waals surface area contributed by atoms with Gasteiger partial charge in [0.15, 0.2) is 0 Å². The number of hydrogen-bond donors (Lipinski definition) is 3. The number of carbonyl (C=O) groups excluding carboxylic acids is 5. The highest BCUT2D eigenvalue weighted by Gasteiger charge is 2.43. The Morgan fingerprint density at radius 1 is 1.03 bits per heavy atom. The van der Waals surface area contributed by atoms with Gasteiger partial charge in [0.2, 0.25) is 23.6 Å². The van der Waals surface area contributed by atoms with E-state index in [9.17, 15) is 29.1 Å². The van der Waals surface area contributed by atoms with Crippen molar-refractivity contribution in [1.29, 1.82) is 0 Å². The van der Waals surface area contributed by atoms with Gasteiger partial charge in [-0.05, 0) is 74.5 Å². The number of benzene rings is 1. The first-order valence-corrected chi connectivity index (χ1v) is 21.8. The van der Waals surface area contributed by atoms with E-state index in [2.05, 4.69) is 10.6 Å². The van der Waals surface area contributed by atoms with Crippen LogP contribution in [-0.2, 0) is 35.1 Å². The maximum Gasteiger partial charge on any atom is 0.329 e. The first-order chi connectivity index (χ1) is 27.2. The monoisotopic (exact) mass is 825 g/mol. The second-order valence-corrected chi connectivity index (χ2v) is 18.7. The van der Waals surface area contributed by atoms with Crippen LogP contribution >= 0.6 is 11.8 Å². The Balaban J connectivity index is 1.71. The van der Waals surface area contributed by atoms with Crippen LogP contribution in [-0.4, -0.2) is 118 Å². The van der Waals surface area contributed by atoms with E-state index in [0.29, 0.717) is 55.7 Å². The largest absolute Gasteiger partial charge is 0.497 e. The number of ether oxygens (including phenoxy) is 2. The third-order valence-corrected chi connectivity index (χ3v) is 13.3. The summed E-state index contributed by atoms with van der Waals surface area (Å²) in [6, 6.07) is 3.10. The number of rotatable bonds is 5. The molecule has 1 aromatic carbocycles. The molecule has 10 atom stereocenters. The summed E-state index contributed by atoms with van der Waals surface area (Å²) in [4.78, 5) is 78.0. The number of aliphatic hydroxyl groups is 1. The third-order valence-electron chi connectivity index (χ3n) is 12.0. The third kappa shape index (κ3) is 11.9. The molecule has 0 unspecified atom stereocenters. The van der Waals surface area contributed by atoms with Crippen LogP contribution in [0.1, 0.15) is 100.0 Å². The van der Waals surface area contributed by atoms with Gasteiger partial charge in [-0.25, -0.2) is 4.79 Å². The van der Waals surface area contributed by atoms with Crippen molar-refractivity contribution in [2.75, 3.05) is 26.5 Å². The highest BCUT2D eigenvalue weighted by atomic mass is 32.2. The van der Waals surface area contributed by atoms with E-state index in [1.165, 1.54) is 11.9 Å². The van der Waals surface area contributed by atoms with Crippen LogP contribution in [0.3, 0.4) is 0 Å². The lowest BCUT2D eigenvalue weighted by Gasteiger charge is -2.36. The van der Waals surface area contributed by atoms with Crippen LogP contribution in [0.15, 0.2) is 40.9 Å². The van der Waals surface area contributed by atoms with Gasteiger partial charge in [-0.1, -0.05) is 73.1 Å². The lowest BCUT2D eigenvalue weighted by molar-refractivity contribution is -0.165. The summed E-state index contributed by atoms with van der Waals surface area (Å²) < 4.78 is 11.6. The van der Waals surface area contributed by atoms with Crippen molar-refractivity contribution in [3.8, 4) is 5.75 Å². The quantitative estimate of drug-likeness (QED) is 0.349. The average Bonchev–Trinajstić information content (AvgIpc) is 3.87. The number of aliphatic imine (C=N–C) groups is 1. The zero-order valence-corrected chi connectivity index (χ0v) is 37.2. The van der Waals surface area contributed by atoms with E-state index in [4.69, 9.17) is 14.5 Å². The molecule has 0 aliphatic carbocycles. The molecule has 13 nitrogen and oxygen atoms in total. The minimum absolute atomic E-state index is 0.00223. The number of aliphatic hydroxyl groups excluding tert-OH is 1. The fourth-order valence-corrected chi connectivity index (χ4v) is 8.78. The van der Waals surface area contributed by atoms with E-state index in [0.717, 1.165) is 10.6 Å². The normalized spacial score (nSPS) is 31.8. The molecule has 4 rings (SSSR count). The van der Waals surface area contributed by atoms with Crippen LogP contribution in [0, 0.1) is 23.2 Å². The molecule has 0 radical (unpaired) electrons. The Bertz CT molecular complexity index is 1690. The second-order valence-electron chi connectivity index (χ2n) is 17.7. The van der Waals surface area contributed by atoms with Crippen molar-refractivity contribution in [1.82, 2.24) is 20.4 Å². The maximum atomic E-state index is 14.3. The van der Waals surface area contributed by atoms with E-state index in [1.54, 1.807) is 55.8 Å². The Kier molecular flexibility index (Phi) is 16.4.